The Kier molecular flexibility index (Phi) is 10.7. The number of aliphatic hydroxyl groups excluding tert-OH is 2. The minimum Gasteiger partial charge on any atom is -0.481 e. The van der Waals surface area contributed by atoms with Crippen molar-refractivity contribution in [3.8, 4) is 0 Å². The van der Waals surface area contributed by atoms with Crippen molar-refractivity contribution in [3.63, 3.8) is 0 Å². The Morgan fingerprint density at radius 3 is 1.81 bits per heavy atom. The van der Waals surface area contributed by atoms with E-state index >= 15 is 0 Å². The largest absolute Gasteiger partial charge is 0.481 e. The van der Waals surface area contributed by atoms with Gasteiger partial charge in [0.1, 0.15) is 0 Å². The molecule has 0 saturated carbocycles. The average molecular weight is 234 g/mol. The fourth-order valence-electron chi connectivity index (χ4n) is 0.712. The fourth-order valence-corrected chi connectivity index (χ4v) is 0.712. The molecule has 0 aliphatic heterocycles. The second-order valence-electron chi connectivity index (χ2n) is 5.16. The van der Waals surface area contributed by atoms with Gasteiger partial charge >= 0.3 is 5.97 Å². The molecule has 0 aromatic carbocycles. The van der Waals surface area contributed by atoms with Crippen LogP contribution in [0.3, 0.4) is 0 Å². The van der Waals surface area contributed by atoms with Crippen molar-refractivity contribution in [2.24, 2.45) is 11.3 Å². The number of carboxylic acid groups (broad SMARTS) is 1. The molecule has 0 aromatic rings. The second kappa shape index (κ2) is 9.60. The quantitative estimate of drug-likeness (QED) is 0.656. The van der Waals surface area contributed by atoms with E-state index in [0.717, 1.165) is 12.8 Å². The average Bonchev–Trinajstić information content (AvgIpc) is 2.18. The highest BCUT2D eigenvalue weighted by Crippen LogP contribution is 2.10. The number of rotatable bonds is 6. The molecule has 4 nitrogen and oxygen atoms in total. The van der Waals surface area contributed by atoms with E-state index in [1.54, 1.807) is 13.8 Å². The molecule has 0 aliphatic carbocycles. The van der Waals surface area contributed by atoms with Crippen molar-refractivity contribution in [2.45, 2.75) is 47.0 Å². The highest BCUT2D eigenvalue weighted by Gasteiger charge is 2.13. The van der Waals surface area contributed by atoms with E-state index in [-0.39, 0.29) is 18.6 Å². The number of carbonyl (C=O) groups is 1. The Morgan fingerprint density at radius 2 is 1.62 bits per heavy atom. The van der Waals surface area contributed by atoms with Gasteiger partial charge in [-0.3, -0.25) is 4.79 Å². The maximum Gasteiger partial charge on any atom is 0.303 e. The van der Waals surface area contributed by atoms with Gasteiger partial charge in [-0.15, -0.1) is 0 Å². The molecule has 0 amide bonds. The smallest absolute Gasteiger partial charge is 0.303 e. The molecule has 0 spiro atoms. The maximum atomic E-state index is 9.98. The van der Waals surface area contributed by atoms with Crippen LogP contribution in [0.1, 0.15) is 47.0 Å². The Bertz CT molecular complexity index is 170. The van der Waals surface area contributed by atoms with Gasteiger partial charge in [-0.25, -0.2) is 0 Å². The lowest BCUT2D eigenvalue weighted by Gasteiger charge is -2.16. The minimum atomic E-state index is -0.685. The summed E-state index contributed by atoms with van der Waals surface area (Å²) in [5.74, 6) is -0.0556. The van der Waals surface area contributed by atoms with E-state index in [1.807, 2.05) is 0 Å². The third-order valence-corrected chi connectivity index (χ3v) is 2.03. The van der Waals surface area contributed by atoms with E-state index in [4.69, 9.17) is 15.3 Å². The van der Waals surface area contributed by atoms with Crippen LogP contribution in [0.15, 0.2) is 0 Å². The van der Waals surface area contributed by atoms with Crippen LogP contribution in [0.5, 0.6) is 0 Å². The molecular weight excluding hydrogens is 208 g/mol. The lowest BCUT2D eigenvalue weighted by Crippen LogP contribution is -2.20. The Labute approximate surface area is 98.3 Å². The summed E-state index contributed by atoms with van der Waals surface area (Å²) >= 11 is 0. The standard InChI is InChI=1S/C7H14O2.C5H12O2/c1-6(2)4-3-5-7(8)9;1-5(2,3-6)4-7/h6H,3-5H2,1-2H3,(H,8,9);6-7H,3-4H2,1-2H3. The monoisotopic (exact) mass is 234 g/mol. The van der Waals surface area contributed by atoms with E-state index in [2.05, 4.69) is 13.8 Å². The zero-order valence-corrected chi connectivity index (χ0v) is 10.9. The predicted molar refractivity (Wildman–Crippen MR) is 64.3 cm³/mol. The van der Waals surface area contributed by atoms with Gasteiger partial charge in [0.25, 0.3) is 0 Å². The van der Waals surface area contributed by atoms with Crippen molar-refractivity contribution >= 4 is 5.97 Å². The van der Waals surface area contributed by atoms with Crippen LogP contribution in [0.4, 0.5) is 0 Å². The van der Waals surface area contributed by atoms with Gasteiger partial charge in [-0.05, 0) is 12.3 Å². The molecule has 0 rings (SSSR count). The van der Waals surface area contributed by atoms with Gasteiger partial charge in [-0.2, -0.15) is 0 Å². The first-order chi connectivity index (χ1) is 7.25. The van der Waals surface area contributed by atoms with E-state index in [0.29, 0.717) is 12.3 Å². The van der Waals surface area contributed by atoms with Crippen LogP contribution >= 0.6 is 0 Å². The summed E-state index contributed by atoms with van der Waals surface area (Å²) in [7, 11) is 0. The molecule has 3 N–H and O–H groups in total. The second-order valence-corrected chi connectivity index (χ2v) is 5.16. The lowest BCUT2D eigenvalue weighted by atomic mass is 9.97. The molecule has 0 bridgehead atoms. The normalized spacial score (nSPS) is 10.9. The molecule has 0 atom stereocenters. The SMILES string of the molecule is CC(C)(CO)CO.CC(C)CCCC(=O)O. The topological polar surface area (TPSA) is 77.8 Å². The fraction of sp³-hybridized carbons (Fsp3) is 0.917. The summed E-state index contributed by atoms with van der Waals surface area (Å²) in [5.41, 5.74) is -0.306. The molecular formula is C12H26O4. The first-order valence-electron chi connectivity index (χ1n) is 5.68. The van der Waals surface area contributed by atoms with Gasteiger partial charge in [0, 0.05) is 11.8 Å². The molecule has 98 valence electrons. The summed E-state index contributed by atoms with van der Waals surface area (Å²) in [5, 5.41) is 25.1. The minimum absolute atomic E-state index is 0.0451. The van der Waals surface area contributed by atoms with Gasteiger partial charge in [0.15, 0.2) is 0 Å². The summed E-state index contributed by atoms with van der Waals surface area (Å²) in [4.78, 5) is 9.98. The number of aliphatic carboxylic acids is 1. The third-order valence-electron chi connectivity index (χ3n) is 2.03. The Balaban J connectivity index is 0. The van der Waals surface area contributed by atoms with Gasteiger partial charge in [0.2, 0.25) is 0 Å². The molecule has 0 aromatic heterocycles. The Hall–Kier alpha value is -0.610. The van der Waals surface area contributed by atoms with Gasteiger partial charge < -0.3 is 15.3 Å². The van der Waals surface area contributed by atoms with Crippen LogP contribution < -0.4 is 0 Å². The first-order valence-corrected chi connectivity index (χ1v) is 5.68. The molecule has 0 saturated heterocycles. The zero-order valence-electron chi connectivity index (χ0n) is 10.9. The maximum absolute atomic E-state index is 9.98. The molecule has 0 heterocycles. The van der Waals surface area contributed by atoms with Crippen LogP contribution in [-0.2, 0) is 4.79 Å². The van der Waals surface area contributed by atoms with Gasteiger partial charge in [0.05, 0.1) is 13.2 Å². The molecule has 0 radical (unpaired) electrons. The number of hydrogen-bond donors (Lipinski definition) is 3. The summed E-state index contributed by atoms with van der Waals surface area (Å²) in [6.07, 6.45) is 2.15. The van der Waals surface area contributed by atoms with Crippen LogP contribution in [0.25, 0.3) is 0 Å². The Morgan fingerprint density at radius 1 is 1.19 bits per heavy atom. The number of hydrogen-bond acceptors (Lipinski definition) is 3. The summed E-state index contributed by atoms with van der Waals surface area (Å²) in [6.45, 7) is 7.89. The zero-order chi connectivity index (χ0) is 13.2. The first kappa shape index (κ1) is 17.8. The summed E-state index contributed by atoms with van der Waals surface area (Å²) in [6, 6.07) is 0. The van der Waals surface area contributed by atoms with Crippen molar-refractivity contribution in [2.75, 3.05) is 13.2 Å². The third kappa shape index (κ3) is 15.8. The molecule has 0 fully saturated rings. The number of aliphatic hydroxyl groups is 2. The van der Waals surface area contributed by atoms with Crippen molar-refractivity contribution in [1.82, 2.24) is 0 Å². The molecule has 0 aliphatic rings. The van der Waals surface area contributed by atoms with E-state index in [9.17, 15) is 4.79 Å². The lowest BCUT2D eigenvalue weighted by molar-refractivity contribution is -0.137. The van der Waals surface area contributed by atoms with Gasteiger partial charge in [-0.1, -0.05) is 34.1 Å². The number of carboxylic acids is 1. The molecule has 0 unspecified atom stereocenters. The van der Waals surface area contributed by atoms with Crippen molar-refractivity contribution in [1.29, 1.82) is 0 Å². The van der Waals surface area contributed by atoms with Crippen LogP contribution in [-0.4, -0.2) is 34.5 Å². The van der Waals surface area contributed by atoms with Crippen molar-refractivity contribution < 1.29 is 20.1 Å². The van der Waals surface area contributed by atoms with E-state index in [1.165, 1.54) is 0 Å². The highest BCUT2D eigenvalue weighted by atomic mass is 16.4. The van der Waals surface area contributed by atoms with Crippen LogP contribution in [0.2, 0.25) is 0 Å². The highest BCUT2D eigenvalue weighted by molar-refractivity contribution is 5.66. The predicted octanol–water partition coefficient (Wildman–Crippen LogP) is 1.89. The molecule has 16 heavy (non-hydrogen) atoms. The van der Waals surface area contributed by atoms with Crippen molar-refractivity contribution in [3.05, 3.63) is 0 Å². The van der Waals surface area contributed by atoms with Crippen LogP contribution in [0, 0.1) is 11.3 Å². The summed E-state index contributed by atoms with van der Waals surface area (Å²) < 4.78 is 0. The molecule has 4 heteroatoms. The van der Waals surface area contributed by atoms with E-state index < -0.39 is 5.97 Å².